The molecule has 252 valence electrons. The minimum atomic E-state index is -5.08. The first-order valence-electron chi connectivity index (χ1n) is 13.4. The highest BCUT2D eigenvalue weighted by atomic mass is 35.5. The predicted molar refractivity (Wildman–Crippen MR) is 157 cm³/mol. The number of ether oxygens (including phenoxy) is 2. The van der Waals surface area contributed by atoms with Gasteiger partial charge in [0.15, 0.2) is 0 Å². The van der Waals surface area contributed by atoms with Gasteiger partial charge in [-0.2, -0.15) is 26.3 Å². The number of carboxylic acids is 1. The minimum absolute atomic E-state index is 0.0140. The van der Waals surface area contributed by atoms with Crippen LogP contribution < -0.4 is 15.4 Å². The number of likely N-dealkylation sites (N-methyl/N-ethyl adjacent to an activating group) is 1. The molecule has 0 radical (unpaired) electrons. The normalized spacial score (nSPS) is 12.6. The fraction of sp³-hybridized carbons (Fsp3) is 0.276. The largest absolute Gasteiger partial charge is 0.490 e. The Bertz CT molecular complexity index is 1650. The van der Waals surface area contributed by atoms with Crippen LogP contribution in [0.25, 0.3) is 6.08 Å². The average molecular weight is 690 g/mol. The van der Waals surface area contributed by atoms with E-state index in [2.05, 4.69) is 20.6 Å². The molecule has 2 aromatic carbocycles. The Balaban J connectivity index is 0.000000771. The Hall–Kier alpha value is -5.06. The maximum Gasteiger partial charge on any atom is 0.490 e. The lowest BCUT2D eigenvalue weighted by Gasteiger charge is -2.17. The van der Waals surface area contributed by atoms with Crippen LogP contribution in [0, 0.1) is 0 Å². The van der Waals surface area contributed by atoms with Crippen molar-refractivity contribution >= 4 is 52.8 Å². The number of amides is 1. The van der Waals surface area contributed by atoms with Crippen LogP contribution >= 0.6 is 11.6 Å². The number of carbonyl (C=O) groups excluding carboxylic acids is 2. The topological polar surface area (TPSA) is 143 Å². The second-order valence-electron chi connectivity index (χ2n) is 9.50. The molecule has 2 heterocycles. The summed E-state index contributed by atoms with van der Waals surface area (Å²) in [7, 11) is 1.52. The Kier molecular flexibility index (Phi) is 12.0. The molecule has 3 aromatic rings. The van der Waals surface area contributed by atoms with Gasteiger partial charge in [-0.15, -0.1) is 0 Å². The molecule has 11 nitrogen and oxygen atoms in total. The third-order valence-electron chi connectivity index (χ3n) is 6.01. The summed E-state index contributed by atoms with van der Waals surface area (Å²) in [6.07, 6.45) is -6.19. The fourth-order valence-electron chi connectivity index (χ4n) is 3.88. The van der Waals surface area contributed by atoms with E-state index >= 15 is 0 Å². The second-order valence-corrected chi connectivity index (χ2v) is 9.91. The highest BCUT2D eigenvalue weighted by molar-refractivity contribution is 6.32. The quantitative estimate of drug-likeness (QED) is 0.176. The molecule has 18 heteroatoms. The number of hydrogen-bond donors (Lipinski definition) is 3. The number of nitrogens with one attached hydrogen (secondary N) is 2. The van der Waals surface area contributed by atoms with Gasteiger partial charge in [-0.1, -0.05) is 17.7 Å². The SMILES string of the molecule is CCOC(=O)CN(C)C(=O)C1=Cc2c(ncnc2Nc2ccc(Oc3cccc(C(F)(F)F)c3)c(Cl)c2)NCC1.O=C(O)C(F)(F)F. The van der Waals surface area contributed by atoms with Crippen molar-refractivity contribution in [2.45, 2.75) is 25.7 Å². The third-order valence-corrected chi connectivity index (χ3v) is 6.30. The zero-order valence-electron chi connectivity index (χ0n) is 24.5. The molecular weight excluding hydrogens is 664 g/mol. The van der Waals surface area contributed by atoms with Gasteiger partial charge < -0.3 is 30.1 Å². The van der Waals surface area contributed by atoms with Crippen LogP contribution in [-0.4, -0.2) is 70.7 Å². The van der Waals surface area contributed by atoms with Gasteiger partial charge in [-0.25, -0.2) is 14.8 Å². The van der Waals surface area contributed by atoms with Crippen LogP contribution in [0.15, 0.2) is 54.4 Å². The summed E-state index contributed by atoms with van der Waals surface area (Å²) in [4.78, 5) is 43.6. The lowest BCUT2D eigenvalue weighted by atomic mass is 10.1. The van der Waals surface area contributed by atoms with Crippen molar-refractivity contribution in [3.63, 3.8) is 0 Å². The molecule has 1 aromatic heterocycles. The maximum absolute atomic E-state index is 13.0. The van der Waals surface area contributed by atoms with E-state index in [1.165, 1.54) is 42.5 Å². The Morgan fingerprint density at radius 2 is 1.79 bits per heavy atom. The molecule has 0 unspecified atom stereocenters. The maximum atomic E-state index is 13.0. The lowest BCUT2D eigenvalue weighted by Crippen LogP contribution is -2.34. The number of anilines is 3. The van der Waals surface area contributed by atoms with E-state index in [-0.39, 0.29) is 35.6 Å². The Morgan fingerprint density at radius 3 is 2.40 bits per heavy atom. The molecule has 0 fully saturated rings. The summed E-state index contributed by atoms with van der Waals surface area (Å²) in [6, 6.07) is 9.16. The van der Waals surface area contributed by atoms with Crippen molar-refractivity contribution in [3.05, 3.63) is 70.5 Å². The molecular formula is C29H26ClF6N5O6. The summed E-state index contributed by atoms with van der Waals surface area (Å²) >= 11 is 6.38. The number of fused-ring (bicyclic) bond motifs is 1. The molecule has 0 atom stereocenters. The van der Waals surface area contributed by atoms with Gasteiger partial charge in [0.05, 0.1) is 22.8 Å². The van der Waals surface area contributed by atoms with Gasteiger partial charge in [0.25, 0.3) is 0 Å². The van der Waals surface area contributed by atoms with E-state index in [9.17, 15) is 35.9 Å². The molecule has 0 saturated carbocycles. The average Bonchev–Trinajstić information content (AvgIpc) is 3.21. The highest BCUT2D eigenvalue weighted by Crippen LogP contribution is 2.36. The molecule has 0 spiro atoms. The van der Waals surface area contributed by atoms with Crippen LogP contribution in [0.4, 0.5) is 43.7 Å². The summed E-state index contributed by atoms with van der Waals surface area (Å²) in [6.45, 7) is 2.15. The van der Waals surface area contributed by atoms with Gasteiger partial charge >= 0.3 is 24.3 Å². The zero-order valence-corrected chi connectivity index (χ0v) is 25.3. The van der Waals surface area contributed by atoms with E-state index in [1.807, 2.05) is 0 Å². The summed E-state index contributed by atoms with van der Waals surface area (Å²) in [5.74, 6) is -2.57. The number of benzene rings is 2. The number of hydrogen-bond acceptors (Lipinski definition) is 9. The van der Waals surface area contributed by atoms with Crippen molar-refractivity contribution in [1.82, 2.24) is 14.9 Å². The molecule has 0 aliphatic carbocycles. The number of alkyl halides is 6. The first-order valence-corrected chi connectivity index (χ1v) is 13.8. The molecule has 47 heavy (non-hydrogen) atoms. The van der Waals surface area contributed by atoms with Gasteiger partial charge in [-0.3, -0.25) is 9.59 Å². The predicted octanol–water partition coefficient (Wildman–Crippen LogP) is 6.54. The van der Waals surface area contributed by atoms with Crippen LogP contribution in [0.1, 0.15) is 24.5 Å². The number of esters is 1. The van der Waals surface area contributed by atoms with Gasteiger partial charge in [0.2, 0.25) is 5.91 Å². The zero-order chi connectivity index (χ0) is 34.9. The van der Waals surface area contributed by atoms with Crippen LogP contribution in [-0.2, 0) is 25.3 Å². The standard InChI is InChI=1S/C27H25ClF3N5O4.C2HF3O2/c1-3-39-23(37)14-36(2)26(38)16-9-10-32-24-20(11-16)25(34-15-33-24)35-18-7-8-22(21(28)13-18)40-19-6-4-5-17(12-19)27(29,30)31;3-2(4,5)1(6)7/h4-8,11-13,15H,3,9-10,14H2,1-2H3,(H2,32,33,34,35);(H,6,7). The molecule has 1 aliphatic heterocycles. The van der Waals surface area contributed by atoms with Crippen molar-refractivity contribution in [2.75, 3.05) is 37.4 Å². The Morgan fingerprint density at radius 1 is 1.09 bits per heavy atom. The highest BCUT2D eigenvalue weighted by Gasteiger charge is 2.38. The van der Waals surface area contributed by atoms with E-state index in [1.54, 1.807) is 19.1 Å². The first kappa shape index (κ1) is 36.4. The number of carboxylic acid groups (broad SMARTS) is 1. The van der Waals surface area contributed by atoms with E-state index in [0.29, 0.717) is 41.4 Å². The summed E-state index contributed by atoms with van der Waals surface area (Å²) in [5, 5.41) is 13.6. The molecule has 1 aliphatic rings. The molecule has 3 N–H and O–H groups in total. The Labute approximate surface area is 268 Å². The monoisotopic (exact) mass is 689 g/mol. The number of carbonyl (C=O) groups is 3. The molecule has 0 saturated heterocycles. The second kappa shape index (κ2) is 15.5. The van der Waals surface area contributed by atoms with Crippen molar-refractivity contribution in [2.24, 2.45) is 0 Å². The van der Waals surface area contributed by atoms with Crippen LogP contribution in [0.2, 0.25) is 5.02 Å². The molecule has 4 rings (SSSR count). The van der Waals surface area contributed by atoms with Gasteiger partial charge in [0, 0.05) is 24.9 Å². The van der Waals surface area contributed by atoms with E-state index in [4.69, 9.17) is 31.0 Å². The number of aliphatic carboxylic acids is 1. The number of halogens is 7. The fourth-order valence-corrected chi connectivity index (χ4v) is 4.10. The smallest absolute Gasteiger partial charge is 0.475 e. The molecule has 0 bridgehead atoms. The van der Waals surface area contributed by atoms with Crippen LogP contribution in [0.5, 0.6) is 11.5 Å². The van der Waals surface area contributed by atoms with Gasteiger partial charge in [-0.05, 0) is 55.8 Å². The van der Waals surface area contributed by atoms with E-state index < -0.39 is 29.9 Å². The molecule has 1 amide bonds. The lowest BCUT2D eigenvalue weighted by molar-refractivity contribution is -0.192. The van der Waals surface area contributed by atoms with Crippen LogP contribution in [0.3, 0.4) is 0 Å². The van der Waals surface area contributed by atoms with Crippen molar-refractivity contribution in [1.29, 1.82) is 0 Å². The van der Waals surface area contributed by atoms with E-state index in [0.717, 1.165) is 12.1 Å². The summed E-state index contributed by atoms with van der Waals surface area (Å²) in [5.41, 5.74) is 0.634. The minimum Gasteiger partial charge on any atom is -0.475 e. The van der Waals surface area contributed by atoms with Crippen molar-refractivity contribution < 1.29 is 55.3 Å². The number of rotatable bonds is 8. The van der Waals surface area contributed by atoms with Gasteiger partial charge in [0.1, 0.15) is 36.0 Å². The number of aromatic nitrogens is 2. The first-order chi connectivity index (χ1) is 22.0. The third kappa shape index (κ3) is 10.5. The number of nitrogens with zero attached hydrogens (tertiary/aromatic N) is 3. The summed E-state index contributed by atoms with van der Waals surface area (Å²) < 4.78 is 81.3. The van der Waals surface area contributed by atoms with Crippen molar-refractivity contribution in [3.8, 4) is 11.5 Å².